The van der Waals surface area contributed by atoms with Crippen molar-refractivity contribution in [1.29, 1.82) is 0 Å². The lowest BCUT2D eigenvalue weighted by Crippen LogP contribution is -2.60. The van der Waals surface area contributed by atoms with Gasteiger partial charge in [0.05, 0.1) is 43.6 Å². The van der Waals surface area contributed by atoms with Crippen LogP contribution in [0.25, 0.3) is 16.9 Å². The first-order valence-corrected chi connectivity index (χ1v) is 15.5. The van der Waals surface area contributed by atoms with Gasteiger partial charge < -0.3 is 19.9 Å². The molecule has 2 amide bonds. The van der Waals surface area contributed by atoms with E-state index >= 15 is 0 Å². The molecular formula is C31H32Cl2N8O4. The molecule has 2 aliphatic rings. The van der Waals surface area contributed by atoms with Crippen LogP contribution in [0, 0.1) is 0 Å². The minimum Gasteiger partial charge on any atom is -0.453 e. The number of hydrogen-bond acceptors (Lipinski definition) is 8. The van der Waals surface area contributed by atoms with Gasteiger partial charge in [-0.3, -0.25) is 14.2 Å². The van der Waals surface area contributed by atoms with Gasteiger partial charge in [0.15, 0.2) is 5.15 Å². The van der Waals surface area contributed by atoms with Gasteiger partial charge in [-0.25, -0.2) is 14.5 Å². The first kappa shape index (κ1) is 30.6. The van der Waals surface area contributed by atoms with Crippen LogP contribution in [0.15, 0.2) is 65.8 Å². The topological polar surface area (TPSA) is 127 Å². The van der Waals surface area contributed by atoms with Crippen LogP contribution in [0.2, 0.25) is 10.2 Å². The maximum atomic E-state index is 13.8. The maximum Gasteiger partial charge on any atom is 0.409 e. The highest BCUT2D eigenvalue weighted by Crippen LogP contribution is 2.31. The van der Waals surface area contributed by atoms with E-state index in [2.05, 4.69) is 15.6 Å². The quantitative estimate of drug-likeness (QED) is 0.347. The Hall–Kier alpha value is -4.42. The van der Waals surface area contributed by atoms with Crippen molar-refractivity contribution in [1.82, 2.24) is 34.8 Å². The van der Waals surface area contributed by atoms with Crippen molar-refractivity contribution < 1.29 is 14.3 Å². The smallest absolute Gasteiger partial charge is 0.409 e. The Balaban J connectivity index is 1.36. The zero-order valence-corrected chi connectivity index (χ0v) is 26.1. The molecule has 2 bridgehead atoms. The number of amides is 2. The van der Waals surface area contributed by atoms with Crippen LogP contribution in [0.1, 0.15) is 37.3 Å². The van der Waals surface area contributed by atoms with Crippen LogP contribution in [-0.2, 0) is 9.53 Å². The summed E-state index contributed by atoms with van der Waals surface area (Å²) in [5, 5.41) is 11.7. The average Bonchev–Trinajstić information content (AvgIpc) is 3.49. The van der Waals surface area contributed by atoms with Crippen LogP contribution in [0.3, 0.4) is 0 Å². The number of nitrogens with zero attached hydrogens (tertiary/aromatic N) is 7. The third-order valence-corrected chi connectivity index (χ3v) is 8.68. The summed E-state index contributed by atoms with van der Waals surface area (Å²) in [5.74, 6) is -0.130. The van der Waals surface area contributed by atoms with E-state index in [-0.39, 0.29) is 29.2 Å². The molecule has 14 heteroatoms. The fourth-order valence-corrected chi connectivity index (χ4v) is 6.32. The second-order valence-electron chi connectivity index (χ2n) is 11.0. The molecule has 1 saturated heterocycles. The van der Waals surface area contributed by atoms with E-state index in [9.17, 15) is 14.4 Å². The normalized spacial score (nSPS) is 19.0. The predicted molar refractivity (Wildman–Crippen MR) is 170 cm³/mol. The van der Waals surface area contributed by atoms with Crippen LogP contribution in [0.5, 0.6) is 0 Å². The summed E-state index contributed by atoms with van der Waals surface area (Å²) in [6.45, 7) is 1.61. The Morgan fingerprint density at radius 3 is 2.67 bits per heavy atom. The lowest BCUT2D eigenvalue weighted by molar-refractivity contribution is -0.123. The van der Waals surface area contributed by atoms with Crippen molar-refractivity contribution in [2.75, 3.05) is 38.2 Å². The molecule has 4 heterocycles. The van der Waals surface area contributed by atoms with Crippen molar-refractivity contribution in [3.05, 3.63) is 87.1 Å². The molecule has 2 aromatic heterocycles. The van der Waals surface area contributed by atoms with Crippen molar-refractivity contribution in [3.63, 3.8) is 0 Å². The van der Waals surface area contributed by atoms with E-state index in [0.29, 0.717) is 48.0 Å². The molecule has 2 aliphatic heterocycles. The standard InChI is InChI=1S/C31H32Cl2N8O4/c1-45-31(44)38-12-13-39-22-7-5-6-20(14-22)25(8-3-2-4-11-34-30(43)27(39)17-38)40-19-35-24(16-29(40)42)23-15-21(32)9-10-26(23)41-18-28(33)36-37-41/h5-7,9-10,14-16,18-19,25,27H,2-4,8,11-13,17H2,1H3,(H,34,43)/t25-,27+/m0/s1. The highest BCUT2D eigenvalue weighted by atomic mass is 35.5. The highest BCUT2D eigenvalue weighted by molar-refractivity contribution is 6.31. The molecule has 0 radical (unpaired) electrons. The zero-order chi connectivity index (χ0) is 31.5. The van der Waals surface area contributed by atoms with Gasteiger partial charge in [0, 0.05) is 42.0 Å². The second-order valence-corrected chi connectivity index (χ2v) is 11.9. The number of benzene rings is 2. The maximum absolute atomic E-state index is 13.8. The molecule has 2 aromatic carbocycles. The lowest BCUT2D eigenvalue weighted by Gasteiger charge is -2.41. The summed E-state index contributed by atoms with van der Waals surface area (Å²) in [6.07, 6.45) is 5.90. The van der Waals surface area contributed by atoms with Gasteiger partial charge in [-0.2, -0.15) is 0 Å². The molecule has 4 aromatic rings. The van der Waals surface area contributed by atoms with Gasteiger partial charge in [0.1, 0.15) is 6.04 Å². The summed E-state index contributed by atoms with van der Waals surface area (Å²) in [5.41, 5.74) is 3.23. The van der Waals surface area contributed by atoms with Gasteiger partial charge in [-0.15, -0.1) is 5.10 Å². The molecule has 1 N–H and O–H groups in total. The first-order valence-electron chi connectivity index (χ1n) is 14.8. The van der Waals surface area contributed by atoms with Crippen LogP contribution >= 0.6 is 23.2 Å². The van der Waals surface area contributed by atoms with Crippen molar-refractivity contribution in [2.45, 2.75) is 37.8 Å². The molecule has 0 aliphatic carbocycles. The third-order valence-electron chi connectivity index (χ3n) is 8.27. The predicted octanol–water partition coefficient (Wildman–Crippen LogP) is 4.33. The molecular weight excluding hydrogens is 619 g/mol. The van der Waals surface area contributed by atoms with Gasteiger partial charge in [0.25, 0.3) is 5.56 Å². The van der Waals surface area contributed by atoms with Crippen molar-refractivity contribution >= 4 is 40.9 Å². The van der Waals surface area contributed by atoms with E-state index < -0.39 is 12.1 Å². The van der Waals surface area contributed by atoms with Crippen LogP contribution < -0.4 is 15.8 Å². The molecule has 234 valence electrons. The fraction of sp³-hybridized carbons (Fsp3) is 0.355. The minimum atomic E-state index is -0.581. The van der Waals surface area contributed by atoms with E-state index in [1.165, 1.54) is 17.9 Å². The average molecular weight is 652 g/mol. The fourth-order valence-electron chi connectivity index (χ4n) is 6.02. The molecule has 1 fully saturated rings. The van der Waals surface area contributed by atoms with Gasteiger partial charge in [-0.05, 0) is 48.7 Å². The number of halogens is 2. The largest absolute Gasteiger partial charge is 0.453 e. The second kappa shape index (κ2) is 13.3. The minimum absolute atomic E-state index is 0.130. The Morgan fingerprint density at radius 1 is 1.02 bits per heavy atom. The van der Waals surface area contributed by atoms with Gasteiger partial charge in [0.2, 0.25) is 5.91 Å². The highest BCUT2D eigenvalue weighted by Gasteiger charge is 2.35. The number of anilines is 1. The number of ether oxygens (including phenoxy) is 1. The van der Waals surface area contributed by atoms with E-state index in [1.54, 1.807) is 40.2 Å². The number of hydrogen-bond donors (Lipinski definition) is 1. The number of fused-ring (bicyclic) bond motifs is 4. The number of nitrogens with one attached hydrogen (secondary N) is 1. The van der Waals surface area contributed by atoms with Crippen molar-refractivity contribution in [3.8, 4) is 16.9 Å². The molecule has 0 spiro atoms. The summed E-state index contributed by atoms with van der Waals surface area (Å²) < 4.78 is 8.10. The molecule has 12 nitrogen and oxygen atoms in total. The van der Waals surface area contributed by atoms with Crippen LogP contribution in [-0.4, -0.2) is 80.8 Å². The number of aromatic nitrogens is 5. The molecule has 45 heavy (non-hydrogen) atoms. The summed E-state index contributed by atoms with van der Waals surface area (Å²) in [7, 11) is 1.34. The number of rotatable bonds is 3. The number of piperazine rings is 1. The van der Waals surface area contributed by atoms with E-state index in [4.69, 9.17) is 32.9 Å². The third kappa shape index (κ3) is 6.52. The van der Waals surface area contributed by atoms with E-state index in [1.807, 2.05) is 29.2 Å². The summed E-state index contributed by atoms with van der Waals surface area (Å²) in [4.78, 5) is 47.7. The Morgan fingerprint density at radius 2 is 1.89 bits per heavy atom. The lowest BCUT2D eigenvalue weighted by atomic mass is 9.98. The van der Waals surface area contributed by atoms with Gasteiger partial charge >= 0.3 is 6.09 Å². The van der Waals surface area contributed by atoms with Crippen molar-refractivity contribution in [2.24, 2.45) is 0 Å². The molecule has 0 unspecified atom stereocenters. The monoisotopic (exact) mass is 650 g/mol. The Kier molecular flexibility index (Phi) is 9.04. The van der Waals surface area contributed by atoms with Crippen LogP contribution in [0.4, 0.5) is 10.5 Å². The number of methoxy groups -OCH3 is 1. The summed E-state index contributed by atoms with van der Waals surface area (Å²) in [6, 6.07) is 13.8. The first-order chi connectivity index (χ1) is 21.8. The molecule has 0 saturated carbocycles. The van der Waals surface area contributed by atoms with Gasteiger partial charge in [-0.1, -0.05) is 53.4 Å². The molecule has 2 atom stereocenters. The Bertz CT molecular complexity index is 1780. The van der Waals surface area contributed by atoms with E-state index in [0.717, 1.165) is 30.5 Å². The number of carbonyl (C=O) groups excluding carboxylic acids is 2. The zero-order valence-electron chi connectivity index (χ0n) is 24.6. The summed E-state index contributed by atoms with van der Waals surface area (Å²) >= 11 is 12.4. The SMILES string of the molecule is COC(=O)N1CCN2c3cccc(c3)[C@@H](n3cnc(-c4cc(Cl)ccc4-n4cc(Cl)nn4)cc3=O)CCCCCNC(=O)[C@H]2C1. The molecule has 6 rings (SSSR count). The Labute approximate surface area is 269 Å². The number of carbonyl (C=O) groups is 2.